The minimum atomic E-state index is -1.06. The van der Waals surface area contributed by atoms with E-state index in [2.05, 4.69) is 5.32 Å². The molecule has 1 rings (SSSR count). The summed E-state index contributed by atoms with van der Waals surface area (Å²) < 4.78 is 0. The van der Waals surface area contributed by atoms with Crippen molar-refractivity contribution in [3.05, 3.63) is 35.9 Å². The van der Waals surface area contributed by atoms with Gasteiger partial charge in [0.1, 0.15) is 6.04 Å². The Morgan fingerprint density at radius 1 is 1.18 bits per heavy atom. The molecular weight excluding hydrogens is 282 g/mol. The van der Waals surface area contributed by atoms with Crippen molar-refractivity contribution < 1.29 is 14.7 Å². The van der Waals surface area contributed by atoms with Crippen LogP contribution >= 0.6 is 0 Å². The third-order valence-corrected chi connectivity index (χ3v) is 3.40. The minimum absolute atomic E-state index is 0.149. The van der Waals surface area contributed by atoms with Gasteiger partial charge in [0.25, 0.3) is 0 Å². The average Bonchev–Trinajstić information content (AvgIpc) is 2.46. The van der Waals surface area contributed by atoms with Gasteiger partial charge in [0.2, 0.25) is 5.91 Å². The molecule has 0 aliphatic carbocycles. The lowest BCUT2D eigenvalue weighted by Gasteiger charge is -2.23. The van der Waals surface area contributed by atoms with Gasteiger partial charge in [-0.2, -0.15) is 0 Å². The molecule has 1 aromatic rings. The summed E-state index contributed by atoms with van der Waals surface area (Å²) in [5.41, 5.74) is 12.8. The molecule has 0 fully saturated rings. The Bertz CT molecular complexity index is 491. The van der Waals surface area contributed by atoms with Gasteiger partial charge in [-0.05, 0) is 24.3 Å². The van der Waals surface area contributed by atoms with Crippen LogP contribution < -0.4 is 16.8 Å². The predicted octanol–water partition coefficient (Wildman–Crippen LogP) is 0.499. The second-order valence-electron chi connectivity index (χ2n) is 5.91. The summed E-state index contributed by atoms with van der Waals surface area (Å²) in [6.07, 6.45) is 0.805. The number of rotatable bonds is 8. The van der Waals surface area contributed by atoms with Crippen LogP contribution in [0.2, 0.25) is 0 Å². The SMILES string of the molecule is CC(C)C[C@H](NC(=O)[C@H](N)[C@H](N)Cc1ccccc1)C(=O)O. The molecule has 0 heterocycles. The van der Waals surface area contributed by atoms with Crippen molar-refractivity contribution in [2.75, 3.05) is 0 Å². The summed E-state index contributed by atoms with van der Waals surface area (Å²) in [5.74, 6) is -1.45. The molecule has 0 spiro atoms. The fourth-order valence-corrected chi connectivity index (χ4v) is 2.17. The second kappa shape index (κ2) is 8.51. The first kappa shape index (κ1) is 18.1. The number of aliphatic carboxylic acids is 1. The van der Waals surface area contributed by atoms with E-state index in [1.807, 2.05) is 44.2 Å². The molecule has 6 heteroatoms. The predicted molar refractivity (Wildman–Crippen MR) is 85.1 cm³/mol. The lowest BCUT2D eigenvalue weighted by Crippen LogP contribution is -2.56. The van der Waals surface area contributed by atoms with Crippen LogP contribution in [0.25, 0.3) is 0 Å². The van der Waals surface area contributed by atoms with Crippen molar-refractivity contribution in [2.24, 2.45) is 17.4 Å². The first-order chi connectivity index (χ1) is 10.3. The fourth-order valence-electron chi connectivity index (χ4n) is 2.17. The molecule has 0 unspecified atom stereocenters. The largest absolute Gasteiger partial charge is 0.480 e. The summed E-state index contributed by atoms with van der Waals surface area (Å²) in [5, 5.41) is 11.6. The molecule has 6 N–H and O–H groups in total. The van der Waals surface area contributed by atoms with E-state index >= 15 is 0 Å². The number of benzene rings is 1. The second-order valence-corrected chi connectivity index (χ2v) is 5.91. The quantitative estimate of drug-likeness (QED) is 0.557. The van der Waals surface area contributed by atoms with E-state index in [1.165, 1.54) is 0 Å². The highest BCUT2D eigenvalue weighted by atomic mass is 16.4. The standard InChI is InChI=1S/C16H25N3O3/c1-10(2)8-13(16(21)22)19-15(20)14(18)12(17)9-11-6-4-3-5-7-11/h3-7,10,12-14H,8-9,17-18H2,1-2H3,(H,19,20)(H,21,22)/t12-,13+,14-/m1/s1. The molecule has 0 saturated carbocycles. The topological polar surface area (TPSA) is 118 Å². The number of nitrogens with one attached hydrogen (secondary N) is 1. The molecule has 0 radical (unpaired) electrons. The number of carbonyl (C=O) groups is 2. The maximum atomic E-state index is 12.1. The summed E-state index contributed by atoms with van der Waals surface area (Å²) >= 11 is 0. The van der Waals surface area contributed by atoms with Gasteiger partial charge in [0, 0.05) is 6.04 Å². The van der Waals surface area contributed by atoms with Crippen LogP contribution in [0.1, 0.15) is 25.8 Å². The Labute approximate surface area is 130 Å². The number of carboxylic acid groups (broad SMARTS) is 1. The monoisotopic (exact) mass is 307 g/mol. The maximum Gasteiger partial charge on any atom is 0.326 e. The van der Waals surface area contributed by atoms with Crippen LogP contribution in [0.5, 0.6) is 0 Å². The Balaban J connectivity index is 2.61. The van der Waals surface area contributed by atoms with E-state index in [4.69, 9.17) is 16.6 Å². The van der Waals surface area contributed by atoms with E-state index in [0.717, 1.165) is 5.56 Å². The summed E-state index contributed by atoms with van der Waals surface area (Å²) in [6.45, 7) is 3.78. The molecule has 0 aliphatic heterocycles. The highest BCUT2D eigenvalue weighted by Crippen LogP contribution is 2.07. The number of nitrogens with two attached hydrogens (primary N) is 2. The van der Waals surface area contributed by atoms with Gasteiger partial charge in [0.15, 0.2) is 0 Å². The first-order valence-electron chi connectivity index (χ1n) is 7.39. The number of hydrogen-bond acceptors (Lipinski definition) is 4. The lowest BCUT2D eigenvalue weighted by atomic mass is 9.99. The third-order valence-electron chi connectivity index (χ3n) is 3.40. The molecule has 122 valence electrons. The molecule has 3 atom stereocenters. The van der Waals surface area contributed by atoms with Gasteiger partial charge in [-0.25, -0.2) is 4.79 Å². The molecule has 6 nitrogen and oxygen atoms in total. The third kappa shape index (κ3) is 5.83. The first-order valence-corrected chi connectivity index (χ1v) is 7.39. The summed E-state index contributed by atoms with van der Waals surface area (Å²) in [7, 11) is 0. The van der Waals surface area contributed by atoms with E-state index in [9.17, 15) is 9.59 Å². The van der Waals surface area contributed by atoms with E-state index in [-0.39, 0.29) is 5.92 Å². The van der Waals surface area contributed by atoms with Crippen molar-refractivity contribution in [1.82, 2.24) is 5.32 Å². The molecule has 0 bridgehead atoms. The highest BCUT2D eigenvalue weighted by Gasteiger charge is 2.27. The van der Waals surface area contributed by atoms with Crippen LogP contribution in [0.4, 0.5) is 0 Å². The Kier molecular flexibility index (Phi) is 7.01. The molecule has 1 aromatic carbocycles. The number of hydrogen-bond donors (Lipinski definition) is 4. The normalized spacial score (nSPS) is 15.1. The fraction of sp³-hybridized carbons (Fsp3) is 0.500. The average molecular weight is 307 g/mol. The van der Waals surface area contributed by atoms with Crippen molar-refractivity contribution in [3.8, 4) is 0 Å². The zero-order valence-corrected chi connectivity index (χ0v) is 13.0. The smallest absolute Gasteiger partial charge is 0.326 e. The van der Waals surface area contributed by atoms with Gasteiger partial charge >= 0.3 is 5.97 Å². The van der Waals surface area contributed by atoms with E-state index in [0.29, 0.717) is 12.8 Å². The summed E-state index contributed by atoms with van der Waals surface area (Å²) in [4.78, 5) is 23.3. The molecule has 0 aliphatic rings. The maximum absolute atomic E-state index is 12.1. The molecule has 0 aromatic heterocycles. The van der Waals surface area contributed by atoms with Crippen molar-refractivity contribution in [3.63, 3.8) is 0 Å². The van der Waals surface area contributed by atoms with Crippen LogP contribution in [0.15, 0.2) is 30.3 Å². The van der Waals surface area contributed by atoms with Crippen LogP contribution in [-0.2, 0) is 16.0 Å². The van der Waals surface area contributed by atoms with Gasteiger partial charge in [-0.1, -0.05) is 44.2 Å². The Morgan fingerprint density at radius 2 is 1.77 bits per heavy atom. The van der Waals surface area contributed by atoms with E-state index in [1.54, 1.807) is 0 Å². The van der Waals surface area contributed by atoms with Crippen LogP contribution in [0, 0.1) is 5.92 Å². The van der Waals surface area contributed by atoms with Gasteiger partial charge in [-0.3, -0.25) is 4.79 Å². The number of amides is 1. The van der Waals surface area contributed by atoms with Crippen molar-refractivity contribution >= 4 is 11.9 Å². The van der Waals surface area contributed by atoms with E-state index < -0.39 is 30.0 Å². The summed E-state index contributed by atoms with van der Waals surface area (Å²) in [6, 6.07) is 7.01. The van der Waals surface area contributed by atoms with Crippen molar-refractivity contribution in [1.29, 1.82) is 0 Å². The van der Waals surface area contributed by atoms with Crippen LogP contribution in [-0.4, -0.2) is 35.1 Å². The highest BCUT2D eigenvalue weighted by molar-refractivity contribution is 5.87. The molecule has 22 heavy (non-hydrogen) atoms. The van der Waals surface area contributed by atoms with Gasteiger partial charge < -0.3 is 21.9 Å². The Hall–Kier alpha value is -1.92. The zero-order chi connectivity index (χ0) is 16.7. The molecule has 0 saturated heterocycles. The van der Waals surface area contributed by atoms with Crippen molar-refractivity contribution in [2.45, 2.75) is 44.8 Å². The Morgan fingerprint density at radius 3 is 2.27 bits per heavy atom. The number of carboxylic acids is 1. The minimum Gasteiger partial charge on any atom is -0.480 e. The van der Waals surface area contributed by atoms with Crippen LogP contribution in [0.3, 0.4) is 0 Å². The molecular formula is C16H25N3O3. The zero-order valence-electron chi connectivity index (χ0n) is 13.0. The molecule has 1 amide bonds. The van der Waals surface area contributed by atoms with Gasteiger partial charge in [-0.15, -0.1) is 0 Å². The van der Waals surface area contributed by atoms with Gasteiger partial charge in [0.05, 0.1) is 6.04 Å². The number of carbonyl (C=O) groups excluding carboxylic acids is 1. The lowest BCUT2D eigenvalue weighted by molar-refractivity contribution is -0.142.